The summed E-state index contributed by atoms with van der Waals surface area (Å²) in [7, 11) is 1.06. The first-order valence-corrected chi connectivity index (χ1v) is 35.0. The molecule has 0 spiro atoms. The molecule has 0 radical (unpaired) electrons. The Hall–Kier alpha value is -11.1. The number of ether oxygens (including phenoxy) is 10. The molecule has 9 aromatic rings. The largest absolute Gasteiger partial charge is 0.513 e. The molecule has 7 aromatic carbocycles. The van der Waals surface area contributed by atoms with Crippen LogP contribution in [0.4, 0.5) is 32.6 Å². The van der Waals surface area contributed by atoms with Crippen LogP contribution in [0.2, 0.25) is 0 Å². The van der Waals surface area contributed by atoms with Crippen molar-refractivity contribution in [1.29, 1.82) is 5.26 Å². The summed E-state index contributed by atoms with van der Waals surface area (Å²) in [5.41, 5.74) is 3.38. The lowest BCUT2D eigenvalue weighted by molar-refractivity contribution is -0.385. The van der Waals surface area contributed by atoms with Crippen molar-refractivity contribution in [2.24, 2.45) is 0 Å². The number of aromatic nitrogens is 4. The number of methoxy groups -OCH3 is 2. The Labute approximate surface area is 611 Å². The molecular formula is C75H79N10O20P. The quantitative estimate of drug-likeness (QED) is 0.00552. The third-order valence-electron chi connectivity index (χ3n) is 16.9. The Balaban J connectivity index is 1.04. The van der Waals surface area contributed by atoms with Gasteiger partial charge in [-0.15, -0.1) is 0 Å². The van der Waals surface area contributed by atoms with Crippen molar-refractivity contribution in [2.45, 2.75) is 115 Å². The Bertz CT molecular complexity index is 4390. The summed E-state index contributed by atoms with van der Waals surface area (Å²) in [5.74, 6) is 0.989. The van der Waals surface area contributed by atoms with E-state index in [2.05, 4.69) is 21.0 Å². The highest BCUT2D eigenvalue weighted by Crippen LogP contribution is 2.52. The van der Waals surface area contributed by atoms with Gasteiger partial charge in [0.15, 0.2) is 23.7 Å². The van der Waals surface area contributed by atoms with E-state index in [4.69, 9.17) is 66.4 Å². The van der Waals surface area contributed by atoms with Crippen LogP contribution in [-0.4, -0.2) is 135 Å². The van der Waals surface area contributed by atoms with Gasteiger partial charge in [0.25, 0.3) is 25.6 Å². The number of hydrogen-bond acceptors (Lipinski definition) is 25. The molecule has 1 N–H and O–H groups in total. The number of carbonyl (C=O) groups is 2. The highest BCUT2D eigenvalue weighted by atomic mass is 31.2. The molecular weight excluding hydrogens is 1390 g/mol. The van der Waals surface area contributed by atoms with Gasteiger partial charge < -0.3 is 56.4 Å². The zero-order valence-electron chi connectivity index (χ0n) is 59.1. The Kier molecular flexibility index (Phi) is 27.1. The van der Waals surface area contributed by atoms with E-state index in [0.717, 1.165) is 11.1 Å². The van der Waals surface area contributed by atoms with Crippen LogP contribution in [0.3, 0.4) is 0 Å². The zero-order chi connectivity index (χ0) is 75.3. The van der Waals surface area contributed by atoms with Crippen LogP contribution < -0.4 is 24.3 Å². The van der Waals surface area contributed by atoms with E-state index in [-0.39, 0.29) is 117 Å². The zero-order valence-corrected chi connectivity index (χ0v) is 60.0. The van der Waals surface area contributed by atoms with E-state index in [0.29, 0.717) is 45.7 Å². The summed E-state index contributed by atoms with van der Waals surface area (Å²) in [6, 6.07) is 50.8. The molecule has 106 heavy (non-hydrogen) atoms. The molecule has 10 rings (SSSR count). The standard InChI is InChI=1S/C75H79N10O20P/c1-49(2)82(50(3)4)106(101-42-11-41-76)105-67-65(47-100-75(56-12-9-8-10-13-56,57-22-34-62(94-6)35-23-57)58-24-36-63(95-7)37-25-58)104-71(68(67)102-51(5)99-46-55-20-32-64(33-21-55)103-74(87)98-45-40-54-18-30-61(31-19-54)85(92)93)81-48-77-66-69(81)78-72(79-70(66)96-43-38-52-14-26-59(27-15-52)83(88)89)80-73(86)97-44-39-53-16-28-60(29-17-53)84(90)91/h8-10,12-37,48-51,65,67-68,71H,11,38-40,42-47H2,1-7H3,(H,78,79,80,86)/t51?,65-,67-,68-,71-,106?/m1/s1. The van der Waals surface area contributed by atoms with E-state index in [9.17, 15) is 45.2 Å². The minimum Gasteiger partial charge on any atom is -0.497 e. The maximum atomic E-state index is 13.8. The van der Waals surface area contributed by atoms with Gasteiger partial charge in [0.1, 0.15) is 41.2 Å². The number of amides is 1. The number of imidazole rings is 1. The number of carbonyl (C=O) groups excluding carboxylic acids is 2. The molecule has 1 fully saturated rings. The van der Waals surface area contributed by atoms with Crippen LogP contribution in [0.1, 0.15) is 86.2 Å². The summed E-state index contributed by atoms with van der Waals surface area (Å²) in [6.07, 6.45) is -5.60. The summed E-state index contributed by atoms with van der Waals surface area (Å²) >= 11 is 0. The minimum atomic E-state index is -2.10. The minimum absolute atomic E-state index is 0.00595. The van der Waals surface area contributed by atoms with E-state index in [1.807, 2.05) is 107 Å². The van der Waals surface area contributed by atoms with Crippen molar-refractivity contribution in [3.8, 4) is 29.2 Å². The highest BCUT2D eigenvalue weighted by Gasteiger charge is 2.53. The van der Waals surface area contributed by atoms with Crippen molar-refractivity contribution in [3.63, 3.8) is 0 Å². The van der Waals surface area contributed by atoms with Crippen molar-refractivity contribution in [1.82, 2.24) is 24.2 Å². The van der Waals surface area contributed by atoms with Crippen LogP contribution in [0.5, 0.6) is 23.1 Å². The predicted molar refractivity (Wildman–Crippen MR) is 386 cm³/mol. The second-order valence-electron chi connectivity index (χ2n) is 24.6. The van der Waals surface area contributed by atoms with Gasteiger partial charge in [0, 0.05) is 67.7 Å². The van der Waals surface area contributed by atoms with Crippen molar-refractivity contribution in [2.75, 3.05) is 52.6 Å². The van der Waals surface area contributed by atoms with Gasteiger partial charge in [0.2, 0.25) is 11.8 Å². The number of nitrogens with zero attached hydrogens (tertiary/aromatic N) is 9. The van der Waals surface area contributed by atoms with Crippen molar-refractivity contribution < 1.29 is 80.8 Å². The van der Waals surface area contributed by atoms with Crippen molar-refractivity contribution in [3.05, 3.63) is 252 Å². The van der Waals surface area contributed by atoms with E-state index in [1.165, 1.54) is 42.7 Å². The number of benzene rings is 7. The monoisotopic (exact) mass is 1470 g/mol. The van der Waals surface area contributed by atoms with E-state index >= 15 is 0 Å². The molecule has 3 heterocycles. The van der Waals surface area contributed by atoms with Crippen LogP contribution >= 0.6 is 8.53 Å². The number of rotatable bonds is 37. The first-order valence-electron chi connectivity index (χ1n) is 33.8. The van der Waals surface area contributed by atoms with Gasteiger partial charge in [0.05, 0.1) is 87.4 Å². The summed E-state index contributed by atoms with van der Waals surface area (Å²) in [4.78, 5) is 73.4. The smallest absolute Gasteiger partial charge is 0.497 e. The SMILES string of the molecule is COc1ccc(C(OC[C@H]2O[C@@H](n3cnc4c(OCCc5ccc([N+](=O)[O-])cc5)nc(NC(=O)OCCc5ccc([N+](=O)[O-])cc5)nc43)[C@H](OC(C)OCc3ccc(OC(=O)OCCc4ccc([N+](=O)[O-])cc4)cc3)[C@@H]2OP(OCCC#N)N(C(C)C)C(C)C)(c2ccccc2)c2ccc(OC)cc2)cc1. The molecule has 1 amide bonds. The number of nitro benzene ring substituents is 3. The molecule has 0 bridgehead atoms. The lowest BCUT2D eigenvalue weighted by atomic mass is 9.80. The Morgan fingerprint density at radius 1 is 0.642 bits per heavy atom. The highest BCUT2D eigenvalue weighted by molar-refractivity contribution is 7.44. The molecule has 554 valence electrons. The first kappa shape index (κ1) is 77.5. The van der Waals surface area contributed by atoms with Crippen LogP contribution in [0, 0.1) is 41.7 Å². The second kappa shape index (κ2) is 37.0. The Morgan fingerprint density at radius 2 is 1.15 bits per heavy atom. The predicted octanol–water partition coefficient (Wildman–Crippen LogP) is 14.3. The van der Waals surface area contributed by atoms with E-state index in [1.54, 1.807) is 86.4 Å². The molecule has 1 saturated heterocycles. The van der Waals surface area contributed by atoms with Gasteiger partial charge in [-0.3, -0.25) is 40.2 Å². The van der Waals surface area contributed by atoms with Gasteiger partial charge >= 0.3 is 12.2 Å². The molecule has 6 atom stereocenters. The summed E-state index contributed by atoms with van der Waals surface area (Å²) < 4.78 is 80.6. The van der Waals surface area contributed by atoms with Gasteiger partial charge in [-0.05, 0) is 110 Å². The number of non-ortho nitro benzene ring substituents is 3. The number of nitro groups is 3. The fourth-order valence-electron chi connectivity index (χ4n) is 11.8. The molecule has 2 aromatic heterocycles. The van der Waals surface area contributed by atoms with Crippen LogP contribution in [-0.2, 0) is 68.9 Å². The fourth-order valence-corrected chi connectivity index (χ4v) is 13.5. The van der Waals surface area contributed by atoms with Crippen molar-refractivity contribution >= 4 is 54.9 Å². The van der Waals surface area contributed by atoms with Crippen LogP contribution in [0.25, 0.3) is 11.2 Å². The molecule has 0 saturated carbocycles. The molecule has 31 heteroatoms. The normalized spacial score (nSPS) is 15.6. The molecule has 0 aliphatic carbocycles. The number of anilines is 1. The maximum absolute atomic E-state index is 13.8. The second-order valence-corrected chi connectivity index (χ2v) is 26.0. The fraction of sp³-hybridized carbons (Fsp3) is 0.333. The molecule has 1 aliphatic heterocycles. The lowest BCUT2D eigenvalue weighted by Gasteiger charge is -2.39. The average Bonchev–Trinajstić information content (AvgIpc) is 1.40. The summed E-state index contributed by atoms with van der Waals surface area (Å²) in [5, 5.41) is 46.5. The molecule has 30 nitrogen and oxygen atoms in total. The molecule has 1 aliphatic rings. The van der Waals surface area contributed by atoms with Gasteiger partial charge in [-0.25, -0.2) is 19.2 Å². The van der Waals surface area contributed by atoms with E-state index < -0.39 is 72.0 Å². The Morgan fingerprint density at radius 3 is 1.67 bits per heavy atom. The number of fused-ring (bicyclic) bond motifs is 1. The number of nitrogens with one attached hydrogen (secondary N) is 1. The van der Waals surface area contributed by atoms with Crippen LogP contribution in [0.15, 0.2) is 182 Å². The first-order chi connectivity index (χ1) is 51.2. The third kappa shape index (κ3) is 20.0. The average molecular weight is 1470 g/mol. The van der Waals surface area contributed by atoms with Gasteiger partial charge in [-0.2, -0.15) is 15.2 Å². The topological polar surface area (TPSA) is 357 Å². The maximum Gasteiger partial charge on any atom is 0.513 e. The number of nitriles is 1. The van der Waals surface area contributed by atoms with Gasteiger partial charge in [-0.1, -0.05) is 103 Å². The number of hydrogen-bond donors (Lipinski definition) is 1. The summed E-state index contributed by atoms with van der Waals surface area (Å²) in [6.45, 7) is 9.19. The third-order valence-corrected chi connectivity index (χ3v) is 19.1. The lowest BCUT2D eigenvalue weighted by Crippen LogP contribution is -2.44. The molecule has 2 unspecified atom stereocenters.